The van der Waals surface area contributed by atoms with Crippen LogP contribution in [0.1, 0.15) is 47.2 Å². The van der Waals surface area contributed by atoms with E-state index in [1.807, 2.05) is 11.2 Å². The summed E-state index contributed by atoms with van der Waals surface area (Å²) in [6.45, 7) is 14.6. The van der Waals surface area contributed by atoms with Crippen LogP contribution in [0.3, 0.4) is 0 Å². The van der Waals surface area contributed by atoms with Crippen molar-refractivity contribution in [3.63, 3.8) is 0 Å². The molecular weight excluding hydrogens is 506 g/mol. The molecule has 2 fully saturated rings. The van der Waals surface area contributed by atoms with Crippen LogP contribution in [0.5, 0.6) is 0 Å². The summed E-state index contributed by atoms with van der Waals surface area (Å²) < 4.78 is 35.6. The second kappa shape index (κ2) is 10.1. The lowest BCUT2D eigenvalue weighted by molar-refractivity contribution is 0.131. The fraction of sp³-hybridized carbons (Fsp3) is 0.640. The van der Waals surface area contributed by atoms with Crippen molar-refractivity contribution in [2.45, 2.75) is 75.5 Å². The van der Waals surface area contributed by atoms with E-state index in [1.54, 1.807) is 0 Å². The summed E-state index contributed by atoms with van der Waals surface area (Å²) in [7, 11) is -2.10. The van der Waals surface area contributed by atoms with Crippen molar-refractivity contribution in [3.8, 4) is 11.5 Å². The molecule has 1 saturated carbocycles. The largest absolute Gasteiger partial charge is 0.379 e. The standard InChI is InChI=1S/C25H33ClF2N4OSSi/c1-13(2)35(14(3)4,15(5)6)11-8-17-18-21(20(28)23(26)29-17)30-25(34-7)31-24(18)32-9-10-33-12-16-19(27)22(16)32/h13-16,19,22H,9-10,12H2,1-7H3/t16-,19-,22-/m0/s1. The Kier molecular flexibility index (Phi) is 7.69. The van der Waals surface area contributed by atoms with E-state index in [9.17, 15) is 4.39 Å². The molecule has 2 aliphatic rings. The average Bonchev–Trinajstić information content (AvgIpc) is 3.50. The van der Waals surface area contributed by atoms with E-state index >= 15 is 4.39 Å². The molecule has 3 atom stereocenters. The Hall–Kier alpha value is -1.47. The van der Waals surface area contributed by atoms with Crippen LogP contribution in [0, 0.1) is 23.2 Å². The molecule has 4 rings (SSSR count). The Morgan fingerprint density at radius 1 is 1.11 bits per heavy atom. The fourth-order valence-electron chi connectivity index (χ4n) is 5.78. The number of alkyl halides is 1. The van der Waals surface area contributed by atoms with Crippen LogP contribution < -0.4 is 4.90 Å². The highest BCUT2D eigenvalue weighted by Crippen LogP contribution is 2.45. The lowest BCUT2D eigenvalue weighted by Crippen LogP contribution is -2.43. The molecule has 2 aromatic heterocycles. The summed E-state index contributed by atoms with van der Waals surface area (Å²) in [6, 6.07) is -0.361. The fourth-order valence-corrected chi connectivity index (χ4v) is 11.5. The molecule has 0 radical (unpaired) electrons. The molecule has 0 N–H and O–H groups in total. The Balaban J connectivity index is 2.00. The van der Waals surface area contributed by atoms with Gasteiger partial charge in [0.2, 0.25) is 0 Å². The van der Waals surface area contributed by atoms with Gasteiger partial charge in [-0.2, -0.15) is 0 Å². The molecular formula is C25H33ClF2N4OSSi. The van der Waals surface area contributed by atoms with E-state index in [0.717, 1.165) is 0 Å². The smallest absolute Gasteiger partial charge is 0.189 e. The van der Waals surface area contributed by atoms with Crippen LogP contribution in [0.4, 0.5) is 14.6 Å². The number of thioether (sulfide) groups is 1. The first-order chi connectivity index (χ1) is 16.5. The molecule has 0 amide bonds. The first kappa shape index (κ1) is 26.6. The minimum atomic E-state index is -2.10. The normalized spacial score (nSPS) is 22.4. The van der Waals surface area contributed by atoms with Crippen molar-refractivity contribution in [1.29, 1.82) is 0 Å². The molecule has 35 heavy (non-hydrogen) atoms. The van der Waals surface area contributed by atoms with Crippen molar-refractivity contribution in [3.05, 3.63) is 16.7 Å². The van der Waals surface area contributed by atoms with E-state index < -0.39 is 20.1 Å². The van der Waals surface area contributed by atoms with Crippen LogP contribution in [-0.4, -0.2) is 61.3 Å². The summed E-state index contributed by atoms with van der Waals surface area (Å²) >= 11 is 7.55. The van der Waals surface area contributed by atoms with Gasteiger partial charge < -0.3 is 9.64 Å². The lowest BCUT2D eigenvalue weighted by atomic mass is 10.2. The molecule has 0 aromatic carbocycles. The quantitative estimate of drug-likeness (QED) is 0.147. The zero-order valence-electron chi connectivity index (χ0n) is 21.3. The van der Waals surface area contributed by atoms with Crippen molar-refractivity contribution in [2.75, 3.05) is 30.9 Å². The molecule has 0 bridgehead atoms. The van der Waals surface area contributed by atoms with Crippen LogP contribution in [0.25, 0.3) is 10.9 Å². The van der Waals surface area contributed by atoms with Crippen LogP contribution in [0.15, 0.2) is 5.16 Å². The number of hydrogen-bond acceptors (Lipinski definition) is 6. The molecule has 2 aromatic rings. The Labute approximate surface area is 216 Å². The van der Waals surface area contributed by atoms with Gasteiger partial charge in [0.05, 0.1) is 24.6 Å². The monoisotopic (exact) mass is 538 g/mol. The number of anilines is 1. The van der Waals surface area contributed by atoms with Crippen molar-refractivity contribution < 1.29 is 13.5 Å². The van der Waals surface area contributed by atoms with Crippen molar-refractivity contribution in [1.82, 2.24) is 15.0 Å². The third kappa shape index (κ3) is 4.56. The van der Waals surface area contributed by atoms with Gasteiger partial charge in [-0.05, 0) is 22.9 Å². The minimum Gasteiger partial charge on any atom is -0.379 e. The Bertz CT molecular complexity index is 1160. The third-order valence-corrected chi connectivity index (χ3v) is 14.7. The Morgan fingerprint density at radius 3 is 2.37 bits per heavy atom. The molecule has 10 heteroatoms. The summed E-state index contributed by atoms with van der Waals surface area (Å²) in [5.41, 5.74) is 5.33. The number of pyridine rings is 1. The molecule has 5 nitrogen and oxygen atoms in total. The molecule has 1 aliphatic heterocycles. The molecule has 190 valence electrons. The van der Waals surface area contributed by atoms with Crippen LogP contribution in [-0.2, 0) is 4.74 Å². The predicted molar refractivity (Wildman–Crippen MR) is 142 cm³/mol. The lowest BCUT2D eigenvalue weighted by Gasteiger charge is -2.38. The topological polar surface area (TPSA) is 51.1 Å². The van der Waals surface area contributed by atoms with E-state index in [1.165, 1.54) is 11.8 Å². The number of nitrogens with zero attached hydrogens (tertiary/aromatic N) is 4. The van der Waals surface area contributed by atoms with Crippen LogP contribution >= 0.6 is 23.4 Å². The summed E-state index contributed by atoms with van der Waals surface area (Å²) in [5, 5.41) is 0.521. The Morgan fingerprint density at radius 2 is 1.77 bits per heavy atom. The van der Waals surface area contributed by atoms with E-state index in [0.29, 0.717) is 58.4 Å². The first-order valence-corrected chi connectivity index (χ1v) is 16.0. The molecule has 3 heterocycles. The van der Waals surface area contributed by atoms with Gasteiger partial charge in [0, 0.05) is 12.5 Å². The highest BCUT2D eigenvalue weighted by Gasteiger charge is 2.56. The van der Waals surface area contributed by atoms with Gasteiger partial charge in [0.25, 0.3) is 0 Å². The summed E-state index contributed by atoms with van der Waals surface area (Å²) in [4.78, 5) is 15.4. The highest BCUT2D eigenvalue weighted by atomic mass is 35.5. The second-order valence-corrected chi connectivity index (χ2v) is 17.0. The van der Waals surface area contributed by atoms with Gasteiger partial charge in [-0.15, -0.1) is 5.54 Å². The third-order valence-electron chi connectivity index (χ3n) is 7.60. The van der Waals surface area contributed by atoms with Crippen LogP contribution in [0.2, 0.25) is 21.8 Å². The molecule has 1 saturated heterocycles. The maximum atomic E-state index is 15.3. The number of ether oxygens (including phenoxy) is 1. The molecule has 1 aliphatic carbocycles. The van der Waals surface area contributed by atoms with Gasteiger partial charge in [0.1, 0.15) is 31.3 Å². The van der Waals surface area contributed by atoms with E-state index in [4.69, 9.17) is 21.3 Å². The van der Waals surface area contributed by atoms with Gasteiger partial charge in [-0.25, -0.2) is 23.7 Å². The van der Waals surface area contributed by atoms with E-state index in [2.05, 4.69) is 63.0 Å². The second-order valence-electron chi connectivity index (χ2n) is 10.3. The van der Waals surface area contributed by atoms with Gasteiger partial charge in [-0.3, -0.25) is 0 Å². The van der Waals surface area contributed by atoms with Gasteiger partial charge >= 0.3 is 0 Å². The SMILES string of the molecule is CSc1nc(N2CCOC[C@H]3[C@H](F)[C@H]32)c2c(C#C[Si](C(C)C)(C(C)C)C(C)C)nc(Cl)c(F)c2n1. The molecule has 0 unspecified atom stereocenters. The number of fused-ring (bicyclic) bond motifs is 2. The average molecular weight is 539 g/mol. The highest BCUT2D eigenvalue weighted by molar-refractivity contribution is 7.98. The number of rotatable bonds is 5. The number of aromatic nitrogens is 3. The van der Waals surface area contributed by atoms with E-state index in [-0.39, 0.29) is 22.6 Å². The van der Waals surface area contributed by atoms with Crippen molar-refractivity contribution >= 4 is 48.2 Å². The minimum absolute atomic E-state index is 0.0762. The number of hydrogen-bond donors (Lipinski definition) is 0. The van der Waals surface area contributed by atoms with Crippen molar-refractivity contribution in [2.24, 2.45) is 5.92 Å². The molecule has 0 spiro atoms. The number of halogens is 3. The maximum absolute atomic E-state index is 15.3. The summed E-state index contributed by atoms with van der Waals surface area (Å²) in [5.74, 6) is 2.85. The summed E-state index contributed by atoms with van der Waals surface area (Å²) in [6.07, 6.45) is 0.810. The zero-order valence-corrected chi connectivity index (χ0v) is 23.9. The van der Waals surface area contributed by atoms with Gasteiger partial charge in [-0.1, -0.05) is 70.8 Å². The maximum Gasteiger partial charge on any atom is 0.189 e. The van der Waals surface area contributed by atoms with Gasteiger partial charge in [0.15, 0.2) is 16.1 Å². The first-order valence-electron chi connectivity index (χ1n) is 12.2. The zero-order chi connectivity index (χ0) is 25.7. The predicted octanol–water partition coefficient (Wildman–Crippen LogP) is 6.28.